The highest BCUT2D eigenvalue weighted by atomic mass is 35.5. The quantitative estimate of drug-likeness (QED) is 0.202. The van der Waals surface area contributed by atoms with Gasteiger partial charge in [-0.05, 0) is 24.3 Å². The molecule has 0 spiro atoms. The predicted octanol–water partition coefficient (Wildman–Crippen LogP) is 1.66. The van der Waals surface area contributed by atoms with Gasteiger partial charge in [-0.15, -0.1) is 10.2 Å². The van der Waals surface area contributed by atoms with Gasteiger partial charge in [0.05, 0.1) is 26.4 Å². The smallest absolute Gasteiger partial charge is 0.412 e. The number of aromatic nitrogens is 6. The number of ether oxygens (including phenoxy) is 6. The van der Waals surface area contributed by atoms with Gasteiger partial charge in [-0.2, -0.15) is 9.97 Å². The van der Waals surface area contributed by atoms with Crippen LogP contribution in [0.25, 0.3) is 0 Å². The van der Waals surface area contributed by atoms with E-state index in [4.69, 9.17) is 51.6 Å². The Labute approximate surface area is 253 Å². The van der Waals surface area contributed by atoms with Gasteiger partial charge >= 0.3 is 24.0 Å². The van der Waals surface area contributed by atoms with E-state index in [2.05, 4.69) is 20.2 Å². The van der Waals surface area contributed by atoms with Crippen LogP contribution in [0.5, 0.6) is 12.0 Å². The van der Waals surface area contributed by atoms with Crippen LogP contribution in [-0.4, -0.2) is 73.4 Å². The molecule has 4 heterocycles. The highest BCUT2D eigenvalue weighted by Crippen LogP contribution is 2.35. The zero-order valence-corrected chi connectivity index (χ0v) is 23.7. The van der Waals surface area contributed by atoms with Crippen molar-refractivity contribution in [3.63, 3.8) is 0 Å². The summed E-state index contributed by atoms with van der Waals surface area (Å²) in [6, 6.07) is 13.2. The molecule has 2 aromatic carbocycles. The molecule has 226 valence electrons. The molecule has 43 heavy (non-hydrogen) atoms. The van der Waals surface area contributed by atoms with Crippen LogP contribution in [0, 0.1) is 0 Å². The molecule has 17 heteroatoms. The zero-order chi connectivity index (χ0) is 29.2. The van der Waals surface area contributed by atoms with Crippen LogP contribution >= 0.6 is 23.2 Å². The molecule has 0 atom stereocenters. The van der Waals surface area contributed by atoms with Crippen molar-refractivity contribution >= 4 is 35.1 Å². The SMILES string of the molecule is O.O=C(Oc1ncn(CC2(c3ccc(Cl)cc3)OCCO2)n1)C(=O)Oc1ncn(CC2(c3ccc(Cl)cc3)OCCO2)n1. The summed E-state index contributed by atoms with van der Waals surface area (Å²) >= 11 is 12.0. The standard InChI is InChI=1S/C26H22Cl2N6O8.H2O/c27-19-5-1-17(2-6-19)25(37-9-10-38-25)13-33-15-29-23(31-33)41-21(35)22(36)42-24-30-16-34(32-24)14-26(39-11-12-40-26)18-3-7-20(28)8-4-18;/h1-8,15-16H,9-14H2;1H2. The molecule has 15 nitrogen and oxygen atoms in total. The van der Waals surface area contributed by atoms with Crippen molar-refractivity contribution in [2.24, 2.45) is 0 Å². The summed E-state index contributed by atoms with van der Waals surface area (Å²) in [5.74, 6) is -5.01. The summed E-state index contributed by atoms with van der Waals surface area (Å²) in [5, 5.41) is 9.31. The first-order valence-corrected chi connectivity index (χ1v) is 13.4. The van der Waals surface area contributed by atoms with Crippen molar-refractivity contribution in [1.29, 1.82) is 0 Å². The minimum atomic E-state index is -1.37. The number of halogens is 2. The maximum Gasteiger partial charge on any atom is 0.425 e. The lowest BCUT2D eigenvalue weighted by Crippen LogP contribution is -2.33. The molecule has 0 bridgehead atoms. The van der Waals surface area contributed by atoms with Crippen LogP contribution < -0.4 is 9.47 Å². The highest BCUT2D eigenvalue weighted by Gasteiger charge is 2.41. The summed E-state index contributed by atoms with van der Waals surface area (Å²) < 4.78 is 36.2. The molecule has 0 radical (unpaired) electrons. The van der Waals surface area contributed by atoms with Gasteiger partial charge in [-0.3, -0.25) is 0 Å². The molecule has 2 fully saturated rings. The molecule has 0 saturated carbocycles. The van der Waals surface area contributed by atoms with Gasteiger partial charge in [-0.25, -0.2) is 19.0 Å². The fourth-order valence-corrected chi connectivity index (χ4v) is 4.74. The summed E-state index contributed by atoms with van der Waals surface area (Å²) in [4.78, 5) is 32.6. The van der Waals surface area contributed by atoms with Gasteiger partial charge in [0.2, 0.25) is 11.6 Å². The summed E-state index contributed by atoms with van der Waals surface area (Å²) in [5.41, 5.74) is 1.44. The Balaban J connectivity index is 0.00000368. The van der Waals surface area contributed by atoms with Crippen molar-refractivity contribution in [2.45, 2.75) is 24.7 Å². The molecular weight excluding hydrogens is 611 g/mol. The molecule has 2 aliphatic rings. The van der Waals surface area contributed by atoms with Crippen LogP contribution in [0.2, 0.25) is 10.0 Å². The lowest BCUT2D eigenvalue weighted by molar-refractivity contribution is -0.178. The van der Waals surface area contributed by atoms with Crippen LogP contribution in [0.4, 0.5) is 0 Å². The molecular formula is C26H24Cl2N6O9. The fraction of sp³-hybridized carbons (Fsp3) is 0.308. The summed E-state index contributed by atoms with van der Waals surface area (Å²) in [7, 11) is 0. The van der Waals surface area contributed by atoms with E-state index >= 15 is 0 Å². The van der Waals surface area contributed by atoms with Crippen LogP contribution in [0.3, 0.4) is 0 Å². The minimum Gasteiger partial charge on any atom is -0.412 e. The number of hydrogen-bond donors (Lipinski definition) is 0. The van der Waals surface area contributed by atoms with E-state index in [1.165, 1.54) is 22.0 Å². The largest absolute Gasteiger partial charge is 0.425 e. The molecule has 4 aromatic rings. The number of benzene rings is 2. The Hall–Kier alpha value is -3.96. The predicted molar refractivity (Wildman–Crippen MR) is 145 cm³/mol. The first-order chi connectivity index (χ1) is 20.3. The second-order valence-corrected chi connectivity index (χ2v) is 10.0. The van der Waals surface area contributed by atoms with E-state index in [9.17, 15) is 9.59 Å². The van der Waals surface area contributed by atoms with Gasteiger partial charge in [0.25, 0.3) is 0 Å². The van der Waals surface area contributed by atoms with Crippen molar-refractivity contribution in [1.82, 2.24) is 29.5 Å². The molecule has 2 aliphatic heterocycles. The lowest BCUT2D eigenvalue weighted by atomic mass is 10.1. The minimum absolute atomic E-state index is 0. The number of rotatable bonds is 8. The third kappa shape index (κ3) is 6.67. The van der Waals surface area contributed by atoms with E-state index in [-0.39, 0.29) is 30.6 Å². The first kappa shape index (κ1) is 30.5. The number of carbonyl (C=O) groups excluding carboxylic acids is 2. The third-order valence-electron chi connectivity index (χ3n) is 6.38. The normalized spacial score (nSPS) is 16.9. The third-order valence-corrected chi connectivity index (χ3v) is 6.89. The first-order valence-electron chi connectivity index (χ1n) is 12.6. The van der Waals surface area contributed by atoms with Gasteiger partial charge < -0.3 is 33.9 Å². The topological polar surface area (TPSA) is 182 Å². The van der Waals surface area contributed by atoms with Crippen molar-refractivity contribution < 1.29 is 43.5 Å². The number of nitrogens with zero attached hydrogens (tertiary/aromatic N) is 6. The Kier molecular flexibility index (Phi) is 9.03. The highest BCUT2D eigenvalue weighted by molar-refractivity contribution is 6.31. The molecule has 0 amide bonds. The van der Waals surface area contributed by atoms with Crippen molar-refractivity contribution in [3.05, 3.63) is 82.4 Å². The van der Waals surface area contributed by atoms with E-state index in [1.807, 2.05) is 0 Å². The summed E-state index contributed by atoms with van der Waals surface area (Å²) in [6.07, 6.45) is 2.62. The molecule has 2 saturated heterocycles. The van der Waals surface area contributed by atoms with E-state index < -0.39 is 23.5 Å². The van der Waals surface area contributed by atoms with E-state index in [0.29, 0.717) is 36.5 Å². The Morgan fingerprint density at radius 1 is 0.674 bits per heavy atom. The molecule has 0 unspecified atom stereocenters. The van der Waals surface area contributed by atoms with Crippen LogP contribution in [0.1, 0.15) is 11.1 Å². The Morgan fingerprint density at radius 3 is 1.37 bits per heavy atom. The number of hydrogen-bond acceptors (Lipinski definition) is 12. The Morgan fingerprint density at radius 2 is 1.02 bits per heavy atom. The van der Waals surface area contributed by atoms with E-state index in [0.717, 1.165) is 11.1 Å². The van der Waals surface area contributed by atoms with Gasteiger partial charge in [0.1, 0.15) is 25.7 Å². The Bertz CT molecular complexity index is 1450. The van der Waals surface area contributed by atoms with Gasteiger partial charge in [-0.1, -0.05) is 47.5 Å². The maximum absolute atomic E-state index is 12.4. The molecule has 2 aromatic heterocycles. The average molecular weight is 635 g/mol. The average Bonchev–Trinajstić information content (AvgIpc) is 3.80. The number of esters is 2. The summed E-state index contributed by atoms with van der Waals surface area (Å²) in [6.45, 7) is 1.67. The second kappa shape index (κ2) is 12.7. The van der Waals surface area contributed by atoms with Crippen molar-refractivity contribution in [3.8, 4) is 12.0 Å². The van der Waals surface area contributed by atoms with Crippen molar-refractivity contribution in [2.75, 3.05) is 26.4 Å². The monoisotopic (exact) mass is 634 g/mol. The fourth-order valence-electron chi connectivity index (χ4n) is 4.49. The van der Waals surface area contributed by atoms with Crippen LogP contribution in [0.15, 0.2) is 61.2 Å². The number of carbonyl (C=O) groups is 2. The van der Waals surface area contributed by atoms with Crippen LogP contribution in [-0.2, 0) is 53.2 Å². The van der Waals surface area contributed by atoms with Gasteiger partial charge in [0.15, 0.2) is 0 Å². The van der Waals surface area contributed by atoms with Gasteiger partial charge in [0, 0.05) is 21.2 Å². The zero-order valence-electron chi connectivity index (χ0n) is 22.2. The molecule has 6 rings (SSSR count). The second-order valence-electron chi connectivity index (χ2n) is 9.14. The molecule has 2 N–H and O–H groups in total. The molecule has 0 aliphatic carbocycles. The lowest BCUT2D eigenvalue weighted by Gasteiger charge is -2.27. The van der Waals surface area contributed by atoms with E-state index in [1.54, 1.807) is 48.5 Å². The maximum atomic E-state index is 12.4.